The lowest BCUT2D eigenvalue weighted by molar-refractivity contribution is 0.0899. The fourth-order valence-corrected chi connectivity index (χ4v) is 1.51. The molecule has 0 aliphatic heterocycles. The number of hydrogen-bond acceptors (Lipinski definition) is 2. The third-order valence-corrected chi connectivity index (χ3v) is 2.47. The molecule has 0 fully saturated rings. The fourth-order valence-electron chi connectivity index (χ4n) is 1.51. The standard InChI is InChI=1S/C13H19NO2/c1-10-5-4-6-11(9-10)12(16)14-13(2,3)7-8-15/h4-6,9,15H,7-8H2,1-3H3,(H,14,16). The van der Waals surface area contributed by atoms with Crippen molar-refractivity contribution in [1.82, 2.24) is 5.32 Å². The van der Waals surface area contributed by atoms with Gasteiger partial charge in [0.2, 0.25) is 0 Å². The fraction of sp³-hybridized carbons (Fsp3) is 0.462. The Morgan fingerprint density at radius 3 is 2.69 bits per heavy atom. The van der Waals surface area contributed by atoms with E-state index in [4.69, 9.17) is 5.11 Å². The van der Waals surface area contributed by atoms with Gasteiger partial charge in [-0.05, 0) is 39.3 Å². The molecule has 3 heteroatoms. The lowest BCUT2D eigenvalue weighted by Gasteiger charge is -2.25. The zero-order valence-corrected chi connectivity index (χ0v) is 10.1. The number of benzene rings is 1. The largest absolute Gasteiger partial charge is 0.396 e. The Morgan fingerprint density at radius 1 is 1.44 bits per heavy atom. The molecule has 88 valence electrons. The van der Waals surface area contributed by atoms with Gasteiger partial charge < -0.3 is 10.4 Å². The Balaban J connectivity index is 2.72. The van der Waals surface area contributed by atoms with Gasteiger partial charge in [-0.15, -0.1) is 0 Å². The van der Waals surface area contributed by atoms with Crippen LogP contribution in [0.3, 0.4) is 0 Å². The van der Waals surface area contributed by atoms with Crippen LogP contribution in [0.4, 0.5) is 0 Å². The minimum atomic E-state index is -0.379. The first kappa shape index (κ1) is 12.7. The van der Waals surface area contributed by atoms with Gasteiger partial charge in [0.1, 0.15) is 0 Å². The van der Waals surface area contributed by atoms with Gasteiger partial charge in [-0.25, -0.2) is 0 Å². The molecule has 0 saturated heterocycles. The van der Waals surface area contributed by atoms with Crippen LogP contribution in [-0.2, 0) is 0 Å². The maximum absolute atomic E-state index is 11.9. The van der Waals surface area contributed by atoms with Crippen LogP contribution in [0.15, 0.2) is 24.3 Å². The lowest BCUT2D eigenvalue weighted by Crippen LogP contribution is -2.44. The highest BCUT2D eigenvalue weighted by Gasteiger charge is 2.20. The third kappa shape index (κ3) is 3.66. The molecule has 0 bridgehead atoms. The molecule has 0 atom stereocenters. The van der Waals surface area contributed by atoms with Crippen LogP contribution < -0.4 is 5.32 Å². The number of hydrogen-bond donors (Lipinski definition) is 2. The summed E-state index contributed by atoms with van der Waals surface area (Å²) in [5.41, 5.74) is 1.34. The summed E-state index contributed by atoms with van der Waals surface area (Å²) in [6.45, 7) is 5.82. The Kier molecular flexibility index (Phi) is 4.07. The summed E-state index contributed by atoms with van der Waals surface area (Å²) in [5, 5.41) is 11.8. The first-order chi connectivity index (χ1) is 7.44. The molecule has 16 heavy (non-hydrogen) atoms. The van der Waals surface area contributed by atoms with Gasteiger partial charge in [-0.1, -0.05) is 17.7 Å². The second-order valence-corrected chi connectivity index (χ2v) is 4.68. The van der Waals surface area contributed by atoms with Crippen LogP contribution in [-0.4, -0.2) is 23.2 Å². The molecule has 1 aromatic carbocycles. The van der Waals surface area contributed by atoms with Crippen molar-refractivity contribution < 1.29 is 9.90 Å². The molecule has 0 aromatic heterocycles. The average molecular weight is 221 g/mol. The van der Waals surface area contributed by atoms with Gasteiger partial charge in [0.15, 0.2) is 0 Å². The number of nitrogens with one attached hydrogen (secondary N) is 1. The number of carbonyl (C=O) groups is 1. The van der Waals surface area contributed by atoms with Crippen LogP contribution in [0, 0.1) is 6.92 Å². The molecule has 0 saturated carbocycles. The van der Waals surface area contributed by atoms with Crippen LogP contribution in [0.1, 0.15) is 36.2 Å². The van der Waals surface area contributed by atoms with E-state index in [2.05, 4.69) is 5.32 Å². The number of carbonyl (C=O) groups excluding carboxylic acids is 1. The summed E-state index contributed by atoms with van der Waals surface area (Å²) >= 11 is 0. The topological polar surface area (TPSA) is 49.3 Å². The molecular weight excluding hydrogens is 202 g/mol. The highest BCUT2D eigenvalue weighted by Crippen LogP contribution is 2.10. The van der Waals surface area contributed by atoms with Crippen LogP contribution >= 0.6 is 0 Å². The Morgan fingerprint density at radius 2 is 2.12 bits per heavy atom. The molecule has 1 aromatic rings. The second kappa shape index (κ2) is 5.12. The first-order valence-corrected chi connectivity index (χ1v) is 5.45. The van der Waals surface area contributed by atoms with Crippen molar-refractivity contribution in [2.24, 2.45) is 0 Å². The third-order valence-electron chi connectivity index (χ3n) is 2.47. The Hall–Kier alpha value is -1.35. The van der Waals surface area contributed by atoms with Crippen molar-refractivity contribution in [1.29, 1.82) is 0 Å². The molecule has 0 aliphatic carbocycles. The number of aryl methyl sites for hydroxylation is 1. The van der Waals surface area contributed by atoms with Crippen LogP contribution in [0.5, 0.6) is 0 Å². The summed E-state index contributed by atoms with van der Waals surface area (Å²) in [4.78, 5) is 11.9. The summed E-state index contributed by atoms with van der Waals surface area (Å²) < 4.78 is 0. The zero-order valence-electron chi connectivity index (χ0n) is 10.1. The van der Waals surface area contributed by atoms with Crippen molar-refractivity contribution in [3.8, 4) is 0 Å². The van der Waals surface area contributed by atoms with Gasteiger partial charge in [0.25, 0.3) is 5.91 Å². The van der Waals surface area contributed by atoms with Gasteiger partial charge in [-0.3, -0.25) is 4.79 Å². The monoisotopic (exact) mass is 221 g/mol. The van der Waals surface area contributed by atoms with Gasteiger partial charge in [0.05, 0.1) is 0 Å². The number of aliphatic hydroxyl groups is 1. The summed E-state index contributed by atoms with van der Waals surface area (Å²) in [6, 6.07) is 7.46. The molecular formula is C13H19NO2. The summed E-state index contributed by atoms with van der Waals surface area (Å²) in [5.74, 6) is -0.0952. The average Bonchev–Trinajstić information content (AvgIpc) is 2.16. The number of amides is 1. The predicted octanol–water partition coefficient (Wildman–Crippen LogP) is 1.89. The van der Waals surface area contributed by atoms with Crippen LogP contribution in [0.25, 0.3) is 0 Å². The van der Waals surface area contributed by atoms with E-state index in [1.54, 1.807) is 6.07 Å². The molecule has 0 spiro atoms. The molecule has 0 aliphatic rings. The van der Waals surface area contributed by atoms with Crippen LogP contribution in [0.2, 0.25) is 0 Å². The van der Waals surface area contributed by atoms with Crippen molar-refractivity contribution in [3.63, 3.8) is 0 Å². The van der Waals surface area contributed by atoms with Gasteiger partial charge in [0, 0.05) is 17.7 Å². The molecule has 0 radical (unpaired) electrons. The molecule has 1 rings (SSSR count). The van der Waals surface area contributed by atoms with Crippen molar-refractivity contribution >= 4 is 5.91 Å². The highest BCUT2D eigenvalue weighted by molar-refractivity contribution is 5.94. The minimum absolute atomic E-state index is 0.0705. The van der Waals surface area contributed by atoms with Crippen molar-refractivity contribution in [2.45, 2.75) is 32.7 Å². The van der Waals surface area contributed by atoms with Gasteiger partial charge >= 0.3 is 0 Å². The second-order valence-electron chi connectivity index (χ2n) is 4.68. The summed E-state index contributed by atoms with van der Waals surface area (Å²) in [7, 11) is 0. The lowest BCUT2D eigenvalue weighted by atomic mass is 10.0. The normalized spacial score (nSPS) is 11.2. The molecule has 3 nitrogen and oxygen atoms in total. The van der Waals surface area contributed by atoms with E-state index < -0.39 is 0 Å². The molecule has 0 heterocycles. The Labute approximate surface area is 96.5 Å². The molecule has 0 unspecified atom stereocenters. The first-order valence-electron chi connectivity index (χ1n) is 5.45. The van der Waals surface area contributed by atoms with E-state index in [9.17, 15) is 4.79 Å². The van der Waals surface area contributed by atoms with E-state index in [1.165, 1.54) is 0 Å². The van der Waals surface area contributed by atoms with Crippen molar-refractivity contribution in [3.05, 3.63) is 35.4 Å². The SMILES string of the molecule is Cc1cccc(C(=O)NC(C)(C)CCO)c1. The number of aliphatic hydroxyl groups excluding tert-OH is 1. The number of rotatable bonds is 4. The minimum Gasteiger partial charge on any atom is -0.396 e. The molecule has 1 amide bonds. The quantitative estimate of drug-likeness (QED) is 0.815. The maximum Gasteiger partial charge on any atom is 0.251 e. The molecule has 2 N–H and O–H groups in total. The van der Waals surface area contributed by atoms with E-state index in [1.807, 2.05) is 39.0 Å². The van der Waals surface area contributed by atoms with E-state index >= 15 is 0 Å². The van der Waals surface area contributed by atoms with Crippen molar-refractivity contribution in [2.75, 3.05) is 6.61 Å². The Bertz CT molecular complexity index is 372. The van der Waals surface area contributed by atoms with Gasteiger partial charge in [-0.2, -0.15) is 0 Å². The highest BCUT2D eigenvalue weighted by atomic mass is 16.3. The van der Waals surface area contributed by atoms with E-state index in [0.717, 1.165) is 5.56 Å². The smallest absolute Gasteiger partial charge is 0.251 e. The maximum atomic E-state index is 11.9. The zero-order chi connectivity index (χ0) is 12.2. The van der Waals surface area contributed by atoms with E-state index in [-0.39, 0.29) is 18.1 Å². The summed E-state index contributed by atoms with van der Waals surface area (Å²) in [6.07, 6.45) is 0.546. The predicted molar refractivity (Wildman–Crippen MR) is 64.4 cm³/mol. The van der Waals surface area contributed by atoms with E-state index in [0.29, 0.717) is 12.0 Å².